The van der Waals surface area contributed by atoms with Gasteiger partial charge in [0.2, 0.25) is 11.8 Å². The third kappa shape index (κ3) is 5.90. The highest BCUT2D eigenvalue weighted by molar-refractivity contribution is 7.98. The highest BCUT2D eigenvalue weighted by atomic mass is 32.2. The molecule has 2 aromatic carbocycles. The van der Waals surface area contributed by atoms with E-state index in [-0.39, 0.29) is 11.8 Å². The summed E-state index contributed by atoms with van der Waals surface area (Å²) in [4.78, 5) is 36.3. The molecule has 0 radical (unpaired) electrons. The summed E-state index contributed by atoms with van der Waals surface area (Å²) >= 11 is 1.51. The molecule has 0 unspecified atom stereocenters. The number of hydrogen-bond acceptors (Lipinski definition) is 5. The average Bonchev–Trinajstić information content (AvgIpc) is 3.28. The summed E-state index contributed by atoms with van der Waals surface area (Å²) in [7, 11) is 0. The number of aromatic nitrogens is 3. The van der Waals surface area contributed by atoms with E-state index in [2.05, 4.69) is 20.6 Å². The zero-order chi connectivity index (χ0) is 23.9. The van der Waals surface area contributed by atoms with E-state index < -0.39 is 0 Å². The second kappa shape index (κ2) is 10.8. The SMILES string of the molecule is CSc1nc(-c2cccc(NC(=O)CCc3ccccc3)c2)c(-c2ccnc(NC(C)=O)c2)[nH]1. The Morgan fingerprint density at radius 1 is 0.971 bits per heavy atom. The maximum atomic E-state index is 12.5. The monoisotopic (exact) mass is 471 g/mol. The van der Waals surface area contributed by atoms with Gasteiger partial charge in [0, 0.05) is 36.4 Å². The average molecular weight is 472 g/mol. The van der Waals surface area contributed by atoms with Gasteiger partial charge in [0.25, 0.3) is 0 Å². The van der Waals surface area contributed by atoms with Crippen LogP contribution in [0, 0.1) is 0 Å². The van der Waals surface area contributed by atoms with Crippen molar-refractivity contribution in [3.63, 3.8) is 0 Å². The molecular formula is C26H25N5O2S. The van der Waals surface area contributed by atoms with Crippen LogP contribution in [0.25, 0.3) is 22.5 Å². The second-order valence-electron chi connectivity index (χ2n) is 7.70. The van der Waals surface area contributed by atoms with Crippen LogP contribution in [-0.2, 0) is 16.0 Å². The lowest BCUT2D eigenvalue weighted by molar-refractivity contribution is -0.116. The number of imidazole rings is 1. The first-order chi connectivity index (χ1) is 16.5. The van der Waals surface area contributed by atoms with Gasteiger partial charge in [-0.3, -0.25) is 9.59 Å². The topological polar surface area (TPSA) is 99.8 Å². The van der Waals surface area contributed by atoms with Gasteiger partial charge in [-0.15, -0.1) is 0 Å². The van der Waals surface area contributed by atoms with E-state index in [0.29, 0.717) is 24.3 Å². The summed E-state index contributed by atoms with van der Waals surface area (Å²) < 4.78 is 0. The van der Waals surface area contributed by atoms with Crippen molar-refractivity contribution < 1.29 is 9.59 Å². The standard InChI is InChI=1S/C26H25N5O2S/c1-17(32)28-22-16-20(13-14-27-22)25-24(30-26(31-25)34-2)19-9-6-10-21(15-19)29-23(33)12-11-18-7-4-3-5-8-18/h3-10,13-16H,11-12H2,1-2H3,(H,29,33)(H,30,31)(H,27,28,32). The number of aryl methyl sites for hydroxylation is 1. The minimum Gasteiger partial charge on any atom is -0.332 e. The van der Waals surface area contributed by atoms with Gasteiger partial charge in [0.15, 0.2) is 5.16 Å². The number of benzene rings is 2. The Morgan fingerprint density at radius 3 is 2.56 bits per heavy atom. The number of carbonyl (C=O) groups excluding carboxylic acids is 2. The van der Waals surface area contributed by atoms with Gasteiger partial charge in [-0.25, -0.2) is 9.97 Å². The van der Waals surface area contributed by atoms with Crippen LogP contribution in [0.5, 0.6) is 0 Å². The van der Waals surface area contributed by atoms with Gasteiger partial charge in [-0.2, -0.15) is 0 Å². The van der Waals surface area contributed by atoms with Gasteiger partial charge >= 0.3 is 0 Å². The minimum absolute atomic E-state index is 0.0397. The Morgan fingerprint density at radius 2 is 1.79 bits per heavy atom. The van der Waals surface area contributed by atoms with Crippen LogP contribution in [0.15, 0.2) is 78.1 Å². The lowest BCUT2D eigenvalue weighted by Crippen LogP contribution is -2.12. The van der Waals surface area contributed by atoms with Crippen LogP contribution < -0.4 is 10.6 Å². The number of thioether (sulfide) groups is 1. The molecule has 8 heteroatoms. The molecule has 4 rings (SSSR count). The fourth-order valence-corrected chi connectivity index (χ4v) is 3.96. The van der Waals surface area contributed by atoms with Gasteiger partial charge in [0.1, 0.15) is 5.82 Å². The smallest absolute Gasteiger partial charge is 0.224 e. The summed E-state index contributed by atoms with van der Waals surface area (Å²) in [6.45, 7) is 1.45. The highest BCUT2D eigenvalue weighted by Gasteiger charge is 2.16. The molecule has 4 aromatic rings. The molecule has 0 aliphatic carbocycles. The van der Waals surface area contributed by atoms with Crippen LogP contribution in [0.3, 0.4) is 0 Å². The largest absolute Gasteiger partial charge is 0.332 e. The van der Waals surface area contributed by atoms with Crippen molar-refractivity contribution in [2.24, 2.45) is 0 Å². The maximum Gasteiger partial charge on any atom is 0.224 e. The fraction of sp³-hybridized carbons (Fsp3) is 0.154. The number of nitrogens with one attached hydrogen (secondary N) is 3. The van der Waals surface area contributed by atoms with Gasteiger partial charge in [-0.05, 0) is 42.5 Å². The Labute approximate surface area is 202 Å². The lowest BCUT2D eigenvalue weighted by atomic mass is 10.0. The van der Waals surface area contributed by atoms with Crippen LogP contribution >= 0.6 is 11.8 Å². The molecule has 34 heavy (non-hydrogen) atoms. The van der Waals surface area contributed by atoms with E-state index in [9.17, 15) is 9.59 Å². The van der Waals surface area contributed by atoms with E-state index in [1.807, 2.05) is 66.9 Å². The molecule has 0 saturated heterocycles. The third-order valence-electron chi connectivity index (χ3n) is 5.13. The first-order valence-electron chi connectivity index (χ1n) is 10.8. The zero-order valence-corrected chi connectivity index (χ0v) is 19.8. The number of nitrogens with zero attached hydrogens (tertiary/aromatic N) is 2. The molecule has 0 atom stereocenters. The first kappa shape index (κ1) is 23.3. The van der Waals surface area contributed by atoms with Crippen molar-refractivity contribution in [3.8, 4) is 22.5 Å². The van der Waals surface area contributed by atoms with Crippen molar-refractivity contribution in [1.82, 2.24) is 15.0 Å². The molecule has 0 aliphatic rings. The van der Waals surface area contributed by atoms with Crippen molar-refractivity contribution in [2.75, 3.05) is 16.9 Å². The number of carbonyl (C=O) groups is 2. The van der Waals surface area contributed by atoms with E-state index in [1.165, 1.54) is 18.7 Å². The Kier molecular flexibility index (Phi) is 7.39. The van der Waals surface area contributed by atoms with Crippen LogP contribution in [0.1, 0.15) is 18.9 Å². The van der Waals surface area contributed by atoms with Crippen molar-refractivity contribution in [1.29, 1.82) is 0 Å². The van der Waals surface area contributed by atoms with E-state index in [0.717, 1.165) is 33.2 Å². The van der Waals surface area contributed by atoms with E-state index in [4.69, 9.17) is 4.98 Å². The first-order valence-corrected chi connectivity index (χ1v) is 12.1. The zero-order valence-electron chi connectivity index (χ0n) is 19.0. The number of aromatic amines is 1. The van der Waals surface area contributed by atoms with Gasteiger partial charge < -0.3 is 15.6 Å². The van der Waals surface area contributed by atoms with Crippen molar-refractivity contribution in [2.45, 2.75) is 24.9 Å². The number of hydrogen-bond donors (Lipinski definition) is 3. The third-order valence-corrected chi connectivity index (χ3v) is 5.71. The molecular weight excluding hydrogens is 446 g/mol. The fourth-order valence-electron chi connectivity index (χ4n) is 3.57. The lowest BCUT2D eigenvalue weighted by Gasteiger charge is -2.09. The molecule has 172 valence electrons. The number of H-pyrrole nitrogens is 1. The Bertz CT molecular complexity index is 1300. The number of pyridine rings is 1. The minimum atomic E-state index is -0.185. The molecule has 0 aliphatic heterocycles. The van der Waals surface area contributed by atoms with E-state index in [1.54, 1.807) is 12.3 Å². The van der Waals surface area contributed by atoms with Crippen LogP contribution in [-0.4, -0.2) is 33.0 Å². The predicted molar refractivity (Wildman–Crippen MR) is 137 cm³/mol. The van der Waals surface area contributed by atoms with Gasteiger partial charge in [-0.1, -0.05) is 54.2 Å². The molecule has 2 aromatic heterocycles. The summed E-state index contributed by atoms with van der Waals surface area (Å²) in [6, 6.07) is 21.3. The van der Waals surface area contributed by atoms with Crippen LogP contribution in [0.4, 0.5) is 11.5 Å². The molecule has 0 fully saturated rings. The molecule has 2 heterocycles. The van der Waals surface area contributed by atoms with Gasteiger partial charge in [0.05, 0.1) is 11.4 Å². The predicted octanol–water partition coefficient (Wildman–Crippen LogP) is 5.39. The Balaban J connectivity index is 1.57. The summed E-state index contributed by atoms with van der Waals surface area (Å²) in [5.74, 6) is 0.243. The normalized spacial score (nSPS) is 10.6. The summed E-state index contributed by atoms with van der Waals surface area (Å²) in [5.41, 5.74) is 5.12. The summed E-state index contributed by atoms with van der Waals surface area (Å²) in [5, 5.41) is 6.47. The maximum absolute atomic E-state index is 12.5. The molecule has 2 amide bonds. The second-order valence-corrected chi connectivity index (χ2v) is 8.49. The molecule has 3 N–H and O–H groups in total. The number of rotatable bonds is 8. The molecule has 0 spiro atoms. The van der Waals surface area contributed by atoms with Crippen molar-refractivity contribution >= 4 is 35.1 Å². The van der Waals surface area contributed by atoms with Crippen LogP contribution in [0.2, 0.25) is 0 Å². The number of amides is 2. The molecule has 7 nitrogen and oxygen atoms in total. The van der Waals surface area contributed by atoms with Crippen molar-refractivity contribution in [3.05, 3.63) is 78.5 Å². The summed E-state index contributed by atoms with van der Waals surface area (Å²) in [6.07, 6.45) is 4.69. The number of anilines is 2. The highest BCUT2D eigenvalue weighted by Crippen LogP contribution is 2.34. The molecule has 0 saturated carbocycles. The van der Waals surface area contributed by atoms with E-state index >= 15 is 0 Å². The molecule has 0 bridgehead atoms. The Hall–Kier alpha value is -3.91. The quantitative estimate of drug-likeness (QED) is 0.299.